The molecule has 1 unspecified atom stereocenters. The lowest BCUT2D eigenvalue weighted by atomic mass is 9.77. The summed E-state index contributed by atoms with van der Waals surface area (Å²) in [6.07, 6.45) is 5.39. The number of imide groups is 2. The lowest BCUT2D eigenvalue weighted by Gasteiger charge is -2.40. The number of piperazine rings is 1. The average molecular weight is 823 g/mol. The molecular formula is C43H47ClN8O5S. The van der Waals surface area contributed by atoms with Crippen molar-refractivity contribution in [3.8, 4) is 0 Å². The van der Waals surface area contributed by atoms with Crippen LogP contribution in [-0.4, -0.2) is 122 Å². The van der Waals surface area contributed by atoms with Crippen LogP contribution in [0.1, 0.15) is 75.3 Å². The average Bonchev–Trinajstić information content (AvgIpc) is 3.96. The van der Waals surface area contributed by atoms with Gasteiger partial charge in [-0.2, -0.15) is 0 Å². The Kier molecular flexibility index (Phi) is 10.4. The number of rotatable bonds is 7. The molecule has 302 valence electrons. The van der Waals surface area contributed by atoms with Crippen molar-refractivity contribution in [1.29, 1.82) is 0 Å². The van der Waals surface area contributed by atoms with Gasteiger partial charge in [-0.15, -0.1) is 11.3 Å². The van der Waals surface area contributed by atoms with Gasteiger partial charge in [0.25, 0.3) is 17.7 Å². The maximum absolute atomic E-state index is 13.6. The molecule has 7 heterocycles. The van der Waals surface area contributed by atoms with Crippen molar-refractivity contribution < 1.29 is 24.0 Å². The van der Waals surface area contributed by atoms with Gasteiger partial charge in [-0.1, -0.05) is 17.7 Å². The first-order valence-corrected chi connectivity index (χ1v) is 21.7. The molecule has 0 radical (unpaired) electrons. The van der Waals surface area contributed by atoms with Gasteiger partial charge in [-0.3, -0.25) is 39.1 Å². The van der Waals surface area contributed by atoms with Gasteiger partial charge in [0.15, 0.2) is 0 Å². The first kappa shape index (κ1) is 38.5. The highest BCUT2D eigenvalue weighted by Crippen LogP contribution is 2.43. The summed E-state index contributed by atoms with van der Waals surface area (Å²) in [7, 11) is 0. The fourth-order valence-electron chi connectivity index (χ4n) is 9.84. The third-order valence-electron chi connectivity index (χ3n) is 13.4. The number of hydrogen-bond donors (Lipinski definition) is 1. The van der Waals surface area contributed by atoms with Crippen molar-refractivity contribution in [3.63, 3.8) is 0 Å². The van der Waals surface area contributed by atoms with Crippen LogP contribution in [0.3, 0.4) is 0 Å². The molecule has 0 aliphatic carbocycles. The maximum atomic E-state index is 13.6. The molecule has 1 atom stereocenters. The number of nitrogens with zero attached hydrogens (tertiary/aromatic N) is 7. The zero-order chi connectivity index (χ0) is 40.1. The minimum atomic E-state index is -0.966. The Morgan fingerprint density at radius 3 is 2.22 bits per heavy atom. The van der Waals surface area contributed by atoms with Gasteiger partial charge < -0.3 is 19.6 Å². The molecule has 0 bridgehead atoms. The van der Waals surface area contributed by atoms with Gasteiger partial charge in [0.05, 0.1) is 27.6 Å². The summed E-state index contributed by atoms with van der Waals surface area (Å²) in [6, 6.07) is 14.2. The molecule has 3 aromatic rings. The van der Waals surface area contributed by atoms with E-state index in [1.807, 2.05) is 29.2 Å². The molecule has 58 heavy (non-hydrogen) atoms. The molecule has 1 aromatic heterocycles. The number of fused-ring (bicyclic) bond motifs is 1. The molecule has 1 N–H and O–H groups in total. The second kappa shape index (κ2) is 15.7. The van der Waals surface area contributed by atoms with Gasteiger partial charge in [0, 0.05) is 94.8 Å². The lowest BCUT2D eigenvalue weighted by Crippen LogP contribution is -2.54. The van der Waals surface area contributed by atoms with Gasteiger partial charge in [-0.05, 0) is 92.3 Å². The molecule has 9 rings (SSSR count). The number of nitrogens with one attached hydrogen (secondary N) is 1. The second-order valence-electron chi connectivity index (χ2n) is 16.7. The Balaban J connectivity index is 0.718. The number of benzene rings is 2. The number of piperidine rings is 3. The molecule has 5 amide bonds. The van der Waals surface area contributed by atoms with Crippen molar-refractivity contribution in [2.24, 2.45) is 11.3 Å². The quantitative estimate of drug-likeness (QED) is 0.243. The number of thiophene rings is 1. The van der Waals surface area contributed by atoms with E-state index in [4.69, 9.17) is 18.2 Å². The van der Waals surface area contributed by atoms with E-state index < -0.39 is 23.8 Å². The van der Waals surface area contributed by atoms with Crippen LogP contribution in [0.25, 0.3) is 4.85 Å². The Morgan fingerprint density at radius 2 is 1.50 bits per heavy atom. The van der Waals surface area contributed by atoms with Crippen molar-refractivity contribution in [2.45, 2.75) is 51.0 Å². The molecule has 6 aliphatic heterocycles. The summed E-state index contributed by atoms with van der Waals surface area (Å²) in [4.78, 5) is 81.2. The normalized spacial score (nSPS) is 22.8. The number of halogens is 1. The largest absolute Gasteiger partial charge is 0.371 e. The van der Waals surface area contributed by atoms with Crippen molar-refractivity contribution in [1.82, 2.24) is 20.0 Å². The minimum Gasteiger partial charge on any atom is -0.371 e. The smallest absolute Gasteiger partial charge is 0.263 e. The standard InChI is InChI=1S/C43H47ClN8O5S/c1-45-34-5-3-30(25-33(34)44)51-19-14-43(27-51)12-17-50(18-13-43)42(57)36-7-9-38(58-36)49-22-20-47(21-23-49)26-28-10-15-48(16-11-28)29-2-4-31-32(24-29)41(56)52(40(31)55)35-6-8-37(53)46-39(35)54/h2-5,7,9,24-25,28,35H,6,8,10-23,26-27H2,(H,46,53,54). The van der Waals surface area contributed by atoms with E-state index in [0.717, 1.165) is 130 Å². The highest BCUT2D eigenvalue weighted by molar-refractivity contribution is 7.18. The number of anilines is 3. The summed E-state index contributed by atoms with van der Waals surface area (Å²) in [5.41, 5.74) is 3.28. The number of carbonyl (C=O) groups is 5. The summed E-state index contributed by atoms with van der Waals surface area (Å²) in [6.45, 7) is 17.3. The lowest BCUT2D eigenvalue weighted by molar-refractivity contribution is -0.136. The fraction of sp³-hybridized carbons (Fsp3) is 0.488. The molecule has 13 nitrogen and oxygen atoms in total. The highest BCUT2D eigenvalue weighted by atomic mass is 35.5. The van der Waals surface area contributed by atoms with Crippen LogP contribution >= 0.6 is 22.9 Å². The molecule has 5 fully saturated rings. The van der Waals surface area contributed by atoms with Crippen LogP contribution in [0.15, 0.2) is 48.5 Å². The van der Waals surface area contributed by atoms with Crippen molar-refractivity contribution >= 4 is 74.5 Å². The molecule has 2 aromatic carbocycles. The monoisotopic (exact) mass is 822 g/mol. The van der Waals surface area contributed by atoms with E-state index in [0.29, 0.717) is 27.8 Å². The molecule has 1 spiro atoms. The van der Waals surface area contributed by atoms with Crippen molar-refractivity contribution in [3.05, 3.63) is 81.0 Å². The summed E-state index contributed by atoms with van der Waals surface area (Å²) in [5, 5.41) is 3.91. The van der Waals surface area contributed by atoms with Crippen LogP contribution in [-0.2, 0) is 9.59 Å². The Hall–Kier alpha value is -4.97. The van der Waals surface area contributed by atoms with Gasteiger partial charge >= 0.3 is 0 Å². The van der Waals surface area contributed by atoms with Crippen LogP contribution in [0.5, 0.6) is 0 Å². The molecule has 15 heteroatoms. The third-order valence-corrected chi connectivity index (χ3v) is 14.8. The van der Waals surface area contributed by atoms with E-state index in [1.165, 1.54) is 0 Å². The summed E-state index contributed by atoms with van der Waals surface area (Å²) >= 11 is 7.95. The van der Waals surface area contributed by atoms with E-state index >= 15 is 0 Å². The fourth-order valence-corrected chi connectivity index (χ4v) is 11.1. The summed E-state index contributed by atoms with van der Waals surface area (Å²) in [5.74, 6) is -1.23. The minimum absolute atomic E-state index is 0.0974. The van der Waals surface area contributed by atoms with E-state index in [1.54, 1.807) is 29.5 Å². The number of likely N-dealkylation sites (tertiary alicyclic amines) is 1. The van der Waals surface area contributed by atoms with Crippen molar-refractivity contribution in [2.75, 3.05) is 86.7 Å². The predicted octanol–water partition coefficient (Wildman–Crippen LogP) is 5.52. The maximum Gasteiger partial charge on any atom is 0.263 e. The van der Waals surface area contributed by atoms with Gasteiger partial charge in [0.1, 0.15) is 6.04 Å². The molecule has 0 saturated carbocycles. The van der Waals surface area contributed by atoms with Crippen LogP contribution in [0.4, 0.5) is 22.1 Å². The van der Waals surface area contributed by atoms with Gasteiger partial charge in [0.2, 0.25) is 17.5 Å². The zero-order valence-corrected chi connectivity index (χ0v) is 34.0. The van der Waals surface area contributed by atoms with Crippen LogP contribution in [0, 0.1) is 17.9 Å². The first-order valence-electron chi connectivity index (χ1n) is 20.5. The van der Waals surface area contributed by atoms with Crippen LogP contribution in [0.2, 0.25) is 5.02 Å². The Bertz CT molecular complexity index is 2200. The third kappa shape index (κ3) is 7.33. The zero-order valence-electron chi connectivity index (χ0n) is 32.5. The molecule has 6 aliphatic rings. The van der Waals surface area contributed by atoms with Crippen LogP contribution < -0.4 is 20.0 Å². The Labute approximate surface area is 347 Å². The SMILES string of the molecule is [C-]#[N+]c1ccc(N2CCC3(CCN(C(=O)c4ccc(N5CCN(CC6CCN(c7ccc8c(c7)C(=O)N(C7CCC(=O)NC7=O)C8=O)CC6)CC5)s4)CC3)C2)cc1Cl. The van der Waals surface area contributed by atoms with E-state index in [-0.39, 0.29) is 30.1 Å². The second-order valence-corrected chi connectivity index (χ2v) is 18.2. The predicted molar refractivity (Wildman–Crippen MR) is 223 cm³/mol. The molecular weight excluding hydrogens is 776 g/mol. The Morgan fingerprint density at radius 1 is 0.793 bits per heavy atom. The molecule has 5 saturated heterocycles. The number of amides is 5. The topological polar surface area (TPSA) is 121 Å². The number of carbonyl (C=O) groups excluding carboxylic acids is 5. The summed E-state index contributed by atoms with van der Waals surface area (Å²) < 4.78 is 0. The van der Waals surface area contributed by atoms with E-state index in [2.05, 4.69) is 35.8 Å². The first-order chi connectivity index (χ1) is 28.1. The number of hydrogen-bond acceptors (Lipinski definition) is 10. The van der Waals surface area contributed by atoms with E-state index in [9.17, 15) is 24.0 Å². The van der Waals surface area contributed by atoms with Gasteiger partial charge in [-0.25, -0.2) is 4.85 Å². The highest BCUT2D eigenvalue weighted by Gasteiger charge is 2.45.